The quantitative estimate of drug-likeness (QED) is 0.763. The largest absolute Gasteiger partial charge is 0.355 e. The second-order valence-corrected chi connectivity index (χ2v) is 8.93. The monoisotopic (exact) mass is 437 g/mol. The Bertz CT molecular complexity index is 923. The van der Waals surface area contributed by atoms with Crippen molar-refractivity contribution in [2.75, 3.05) is 36.4 Å². The molecule has 0 saturated carbocycles. The fourth-order valence-electron chi connectivity index (χ4n) is 4.82. The van der Waals surface area contributed by atoms with Crippen molar-refractivity contribution in [3.63, 3.8) is 0 Å². The van der Waals surface area contributed by atoms with Gasteiger partial charge < -0.3 is 15.1 Å². The summed E-state index contributed by atoms with van der Waals surface area (Å²) in [5, 5.41) is 7.84. The van der Waals surface area contributed by atoms with Crippen LogP contribution in [0, 0.1) is 12.8 Å². The number of benzene rings is 1. The number of hydrogen-bond donors (Lipinski definition) is 1. The zero-order chi connectivity index (χ0) is 22.5. The van der Waals surface area contributed by atoms with Gasteiger partial charge in [0.25, 0.3) is 0 Å². The third-order valence-electron chi connectivity index (χ3n) is 6.68. The Morgan fingerprint density at radius 3 is 2.28 bits per heavy atom. The Morgan fingerprint density at radius 1 is 1.00 bits per heavy atom. The number of nitrogens with one attached hydrogen (secondary N) is 1. The van der Waals surface area contributed by atoms with Crippen molar-refractivity contribution in [3.8, 4) is 5.69 Å². The Labute approximate surface area is 190 Å². The maximum Gasteiger partial charge on any atom is 0.225 e. The first kappa shape index (κ1) is 22.4. The number of piperidine rings is 1. The van der Waals surface area contributed by atoms with Gasteiger partial charge in [-0.2, -0.15) is 5.10 Å². The summed E-state index contributed by atoms with van der Waals surface area (Å²) in [5.74, 6) is 1.32. The number of hydrogen-bond acceptors (Lipinski definition) is 4. The van der Waals surface area contributed by atoms with Crippen LogP contribution in [0.3, 0.4) is 0 Å². The molecule has 7 nitrogen and oxygen atoms in total. The smallest absolute Gasteiger partial charge is 0.225 e. The second kappa shape index (κ2) is 10.2. The highest BCUT2D eigenvalue weighted by atomic mass is 16.2. The van der Waals surface area contributed by atoms with Gasteiger partial charge >= 0.3 is 0 Å². The van der Waals surface area contributed by atoms with Crippen molar-refractivity contribution < 1.29 is 9.59 Å². The molecule has 2 aliphatic rings. The van der Waals surface area contributed by atoms with E-state index < -0.39 is 0 Å². The number of carbonyl (C=O) groups is 2. The summed E-state index contributed by atoms with van der Waals surface area (Å²) in [7, 11) is 0. The van der Waals surface area contributed by atoms with Crippen LogP contribution >= 0.6 is 0 Å². The zero-order valence-corrected chi connectivity index (χ0v) is 19.3. The molecular formula is C25H35N5O2. The molecule has 4 rings (SSSR count). The Hall–Kier alpha value is -2.83. The number of aryl methyl sites for hydroxylation is 1. The van der Waals surface area contributed by atoms with E-state index in [0.717, 1.165) is 74.7 Å². The van der Waals surface area contributed by atoms with Crippen molar-refractivity contribution in [1.29, 1.82) is 0 Å². The van der Waals surface area contributed by atoms with Crippen LogP contribution in [0.2, 0.25) is 0 Å². The van der Waals surface area contributed by atoms with Crippen LogP contribution in [0.15, 0.2) is 30.3 Å². The Balaban J connectivity index is 1.55. The number of likely N-dealkylation sites (tertiary alicyclic amines) is 1. The van der Waals surface area contributed by atoms with Crippen molar-refractivity contribution in [2.24, 2.45) is 5.92 Å². The molecule has 7 heteroatoms. The van der Waals surface area contributed by atoms with E-state index in [1.807, 2.05) is 48.9 Å². The number of carbonyl (C=O) groups excluding carboxylic acids is 2. The standard InChI is InChI=1S/C25H35N5O2/c1-3-22(31)26-23-19(2)27-30(21-11-7-6-8-12-21)24(23)28-17-13-20(14-18-28)25(32)29-15-9-4-5-10-16-29/h6-8,11-12,20H,3-5,9-10,13-18H2,1-2H3,(H,26,31). The lowest BCUT2D eigenvalue weighted by atomic mass is 9.95. The van der Waals surface area contributed by atoms with Gasteiger partial charge in [-0.1, -0.05) is 38.0 Å². The van der Waals surface area contributed by atoms with Gasteiger partial charge in [-0.25, -0.2) is 4.68 Å². The van der Waals surface area contributed by atoms with Crippen LogP contribution in [0.1, 0.15) is 57.6 Å². The third-order valence-corrected chi connectivity index (χ3v) is 6.68. The van der Waals surface area contributed by atoms with Gasteiger partial charge in [-0.15, -0.1) is 0 Å². The predicted octanol–water partition coefficient (Wildman–Crippen LogP) is 4.15. The molecule has 0 bridgehead atoms. The van der Waals surface area contributed by atoms with Crippen LogP contribution in [0.25, 0.3) is 5.69 Å². The molecule has 2 aromatic rings. The van der Waals surface area contributed by atoms with Gasteiger partial charge in [-0.05, 0) is 44.7 Å². The van der Waals surface area contributed by atoms with Gasteiger partial charge in [0.15, 0.2) is 5.82 Å². The molecule has 2 aliphatic heterocycles. The number of nitrogens with zero attached hydrogens (tertiary/aromatic N) is 4. The fraction of sp³-hybridized carbons (Fsp3) is 0.560. The summed E-state index contributed by atoms with van der Waals surface area (Å²) >= 11 is 0. The lowest BCUT2D eigenvalue weighted by Gasteiger charge is -2.35. The number of para-hydroxylation sites is 1. The summed E-state index contributed by atoms with van der Waals surface area (Å²) in [4.78, 5) is 29.7. The van der Waals surface area contributed by atoms with E-state index in [-0.39, 0.29) is 11.8 Å². The molecule has 0 unspecified atom stereocenters. The van der Waals surface area contributed by atoms with Gasteiger partial charge in [-0.3, -0.25) is 9.59 Å². The zero-order valence-electron chi connectivity index (χ0n) is 19.3. The highest BCUT2D eigenvalue weighted by molar-refractivity contribution is 5.94. The van der Waals surface area contributed by atoms with Gasteiger partial charge in [0.05, 0.1) is 11.4 Å². The van der Waals surface area contributed by atoms with E-state index in [1.54, 1.807) is 0 Å². The molecule has 0 atom stereocenters. The molecule has 0 aliphatic carbocycles. The van der Waals surface area contributed by atoms with Crippen LogP contribution in [-0.2, 0) is 9.59 Å². The molecule has 1 aromatic heterocycles. The third kappa shape index (κ3) is 4.81. The minimum Gasteiger partial charge on any atom is -0.355 e. The molecule has 2 fully saturated rings. The van der Waals surface area contributed by atoms with Crippen LogP contribution < -0.4 is 10.2 Å². The van der Waals surface area contributed by atoms with E-state index in [4.69, 9.17) is 5.10 Å². The normalized spacial score (nSPS) is 17.8. The van der Waals surface area contributed by atoms with Crippen molar-refractivity contribution in [3.05, 3.63) is 36.0 Å². The summed E-state index contributed by atoms with van der Waals surface area (Å²) in [6, 6.07) is 10.0. The molecule has 0 spiro atoms. The molecule has 1 N–H and O–H groups in total. The molecule has 32 heavy (non-hydrogen) atoms. The lowest BCUT2D eigenvalue weighted by Crippen LogP contribution is -2.43. The summed E-state index contributed by atoms with van der Waals surface area (Å²) in [5.41, 5.74) is 2.54. The molecule has 2 saturated heterocycles. The molecule has 0 radical (unpaired) electrons. The van der Waals surface area contributed by atoms with E-state index in [9.17, 15) is 9.59 Å². The van der Waals surface area contributed by atoms with Crippen molar-refractivity contribution >= 4 is 23.3 Å². The second-order valence-electron chi connectivity index (χ2n) is 8.93. The number of amides is 2. The lowest BCUT2D eigenvalue weighted by molar-refractivity contribution is -0.136. The predicted molar refractivity (Wildman–Crippen MR) is 127 cm³/mol. The average Bonchev–Trinajstić information content (AvgIpc) is 2.99. The highest BCUT2D eigenvalue weighted by Gasteiger charge is 2.32. The minimum atomic E-state index is -0.0202. The number of anilines is 2. The minimum absolute atomic E-state index is 0.0202. The SMILES string of the molecule is CCC(=O)Nc1c(C)nn(-c2ccccc2)c1N1CCC(C(=O)N2CCCCCC2)CC1. The maximum absolute atomic E-state index is 13.1. The Kier molecular flexibility index (Phi) is 7.12. The molecule has 172 valence electrons. The number of aromatic nitrogens is 2. The van der Waals surface area contributed by atoms with E-state index in [1.165, 1.54) is 12.8 Å². The summed E-state index contributed by atoms with van der Waals surface area (Å²) < 4.78 is 1.93. The van der Waals surface area contributed by atoms with Gasteiger partial charge in [0, 0.05) is 38.5 Å². The van der Waals surface area contributed by atoms with E-state index >= 15 is 0 Å². The van der Waals surface area contributed by atoms with Crippen molar-refractivity contribution in [2.45, 2.75) is 58.8 Å². The van der Waals surface area contributed by atoms with Crippen LogP contribution in [0.5, 0.6) is 0 Å². The summed E-state index contributed by atoms with van der Waals surface area (Å²) in [6.45, 7) is 7.16. The van der Waals surface area contributed by atoms with Gasteiger partial charge in [0.2, 0.25) is 11.8 Å². The first-order valence-corrected chi connectivity index (χ1v) is 12.1. The van der Waals surface area contributed by atoms with Crippen molar-refractivity contribution in [1.82, 2.24) is 14.7 Å². The van der Waals surface area contributed by atoms with Gasteiger partial charge in [0.1, 0.15) is 5.69 Å². The molecule has 2 amide bonds. The highest BCUT2D eigenvalue weighted by Crippen LogP contribution is 2.35. The topological polar surface area (TPSA) is 70.5 Å². The average molecular weight is 438 g/mol. The number of rotatable bonds is 5. The van der Waals surface area contributed by atoms with E-state index in [0.29, 0.717) is 12.3 Å². The van der Waals surface area contributed by atoms with Crippen LogP contribution in [-0.4, -0.2) is 52.7 Å². The Morgan fingerprint density at radius 2 is 1.66 bits per heavy atom. The summed E-state index contributed by atoms with van der Waals surface area (Å²) in [6.07, 6.45) is 6.79. The van der Waals surface area contributed by atoms with Crippen LogP contribution in [0.4, 0.5) is 11.5 Å². The molecule has 3 heterocycles. The fourth-order valence-corrected chi connectivity index (χ4v) is 4.82. The van der Waals surface area contributed by atoms with E-state index in [2.05, 4.69) is 15.1 Å². The first-order valence-electron chi connectivity index (χ1n) is 12.1. The molecule has 1 aromatic carbocycles. The first-order chi connectivity index (χ1) is 15.6. The maximum atomic E-state index is 13.1. The molecular weight excluding hydrogens is 402 g/mol.